The van der Waals surface area contributed by atoms with Crippen LogP contribution in [0.5, 0.6) is 0 Å². The first kappa shape index (κ1) is 14.2. The number of aryl methyl sites for hydroxylation is 1. The third kappa shape index (κ3) is 3.04. The van der Waals surface area contributed by atoms with E-state index in [0.29, 0.717) is 5.56 Å². The Kier molecular flexibility index (Phi) is 4.72. The maximum absolute atomic E-state index is 14.1. The van der Waals surface area contributed by atoms with Crippen LogP contribution in [0.15, 0.2) is 46.9 Å². The second kappa shape index (κ2) is 6.31. The highest BCUT2D eigenvalue weighted by Gasteiger charge is 2.19. The summed E-state index contributed by atoms with van der Waals surface area (Å²) in [6.07, 6.45) is 0.975. The second-order valence-electron chi connectivity index (χ2n) is 4.46. The van der Waals surface area contributed by atoms with Gasteiger partial charge in [-0.25, -0.2) is 4.39 Å². The molecule has 0 aliphatic carbocycles. The number of rotatable bonds is 4. The van der Waals surface area contributed by atoms with E-state index in [1.165, 1.54) is 11.6 Å². The predicted octanol–water partition coefficient (Wildman–Crippen LogP) is 4.46. The van der Waals surface area contributed by atoms with Crippen LogP contribution in [-0.4, -0.2) is 7.05 Å². The number of hydrogen-bond acceptors (Lipinski definition) is 1. The Balaban J connectivity index is 2.50. The molecule has 2 rings (SSSR count). The topological polar surface area (TPSA) is 12.0 Å². The van der Waals surface area contributed by atoms with Crippen LogP contribution >= 0.6 is 15.9 Å². The Labute approximate surface area is 122 Å². The Hall–Kier alpha value is -1.19. The third-order valence-corrected chi connectivity index (χ3v) is 3.96. The zero-order valence-corrected chi connectivity index (χ0v) is 12.7. The minimum absolute atomic E-state index is 0.151. The smallest absolute Gasteiger partial charge is 0.129 e. The van der Waals surface area contributed by atoms with Crippen LogP contribution in [-0.2, 0) is 6.42 Å². The van der Waals surface area contributed by atoms with Crippen molar-refractivity contribution >= 4 is 15.9 Å². The summed E-state index contributed by atoms with van der Waals surface area (Å²) >= 11 is 3.44. The SMILES string of the molecule is CCc1cccc(C(NC)c2c(F)cccc2Br)c1. The number of benzene rings is 2. The molecule has 0 bridgehead atoms. The molecule has 19 heavy (non-hydrogen) atoms. The lowest BCUT2D eigenvalue weighted by Gasteiger charge is -2.20. The lowest BCUT2D eigenvalue weighted by Crippen LogP contribution is -2.19. The molecule has 3 heteroatoms. The van der Waals surface area contributed by atoms with Gasteiger partial charge < -0.3 is 5.32 Å². The molecule has 1 N–H and O–H groups in total. The van der Waals surface area contributed by atoms with Crippen molar-refractivity contribution in [1.82, 2.24) is 5.32 Å². The van der Waals surface area contributed by atoms with Crippen molar-refractivity contribution in [3.63, 3.8) is 0 Å². The molecule has 0 aliphatic rings. The second-order valence-corrected chi connectivity index (χ2v) is 5.31. The number of nitrogens with one attached hydrogen (secondary N) is 1. The molecule has 0 saturated carbocycles. The zero-order chi connectivity index (χ0) is 13.8. The summed E-state index contributed by atoms with van der Waals surface area (Å²) in [7, 11) is 1.85. The van der Waals surface area contributed by atoms with Crippen LogP contribution in [0.4, 0.5) is 4.39 Å². The van der Waals surface area contributed by atoms with Crippen LogP contribution in [0.25, 0.3) is 0 Å². The van der Waals surface area contributed by atoms with Gasteiger partial charge in [-0.3, -0.25) is 0 Å². The van der Waals surface area contributed by atoms with Crippen molar-refractivity contribution in [3.05, 3.63) is 69.4 Å². The third-order valence-electron chi connectivity index (χ3n) is 3.27. The largest absolute Gasteiger partial charge is 0.309 e. The van der Waals surface area contributed by atoms with E-state index < -0.39 is 0 Å². The average Bonchev–Trinajstić information content (AvgIpc) is 2.43. The first-order valence-electron chi connectivity index (χ1n) is 6.37. The van der Waals surface area contributed by atoms with E-state index in [4.69, 9.17) is 0 Å². The average molecular weight is 322 g/mol. The maximum atomic E-state index is 14.1. The van der Waals surface area contributed by atoms with Crippen molar-refractivity contribution in [1.29, 1.82) is 0 Å². The zero-order valence-electron chi connectivity index (χ0n) is 11.1. The van der Waals surface area contributed by atoms with Gasteiger partial charge in [0.05, 0.1) is 6.04 Å². The van der Waals surface area contributed by atoms with Crippen LogP contribution in [0.2, 0.25) is 0 Å². The van der Waals surface area contributed by atoms with E-state index in [1.807, 2.05) is 25.2 Å². The molecule has 0 heterocycles. The molecule has 1 nitrogen and oxygen atoms in total. The summed E-state index contributed by atoms with van der Waals surface area (Å²) in [5.74, 6) is -0.198. The van der Waals surface area contributed by atoms with Gasteiger partial charge in [0.1, 0.15) is 5.82 Å². The highest BCUT2D eigenvalue weighted by atomic mass is 79.9. The monoisotopic (exact) mass is 321 g/mol. The van der Waals surface area contributed by atoms with E-state index in [0.717, 1.165) is 16.5 Å². The Morgan fingerprint density at radius 2 is 1.95 bits per heavy atom. The summed E-state index contributed by atoms with van der Waals surface area (Å²) in [4.78, 5) is 0. The fraction of sp³-hybridized carbons (Fsp3) is 0.250. The Morgan fingerprint density at radius 1 is 1.21 bits per heavy atom. The highest BCUT2D eigenvalue weighted by Crippen LogP contribution is 2.31. The summed E-state index contributed by atoms with van der Waals surface area (Å²) in [5, 5.41) is 3.20. The van der Waals surface area contributed by atoms with Gasteiger partial charge in [-0.15, -0.1) is 0 Å². The van der Waals surface area contributed by atoms with Gasteiger partial charge in [0.2, 0.25) is 0 Å². The van der Waals surface area contributed by atoms with Gasteiger partial charge in [0, 0.05) is 10.0 Å². The fourth-order valence-corrected chi connectivity index (χ4v) is 2.83. The molecular formula is C16H17BrFN. The van der Waals surface area contributed by atoms with E-state index in [1.54, 1.807) is 6.07 Å². The first-order chi connectivity index (χ1) is 9.17. The molecule has 0 aromatic heterocycles. The standard InChI is InChI=1S/C16H17BrFN/c1-3-11-6-4-7-12(10-11)16(19-2)15-13(17)8-5-9-14(15)18/h4-10,16,19H,3H2,1-2H3. The minimum Gasteiger partial charge on any atom is -0.309 e. The summed E-state index contributed by atoms with van der Waals surface area (Å²) in [6.45, 7) is 2.12. The quantitative estimate of drug-likeness (QED) is 0.876. The molecule has 0 saturated heterocycles. The summed E-state index contributed by atoms with van der Waals surface area (Å²) in [6, 6.07) is 13.2. The lowest BCUT2D eigenvalue weighted by atomic mass is 9.96. The van der Waals surface area contributed by atoms with Crippen molar-refractivity contribution in [2.75, 3.05) is 7.05 Å². The first-order valence-corrected chi connectivity index (χ1v) is 7.16. The molecule has 0 aliphatic heterocycles. The minimum atomic E-state index is -0.198. The summed E-state index contributed by atoms with van der Waals surface area (Å²) in [5.41, 5.74) is 2.98. The molecule has 0 amide bonds. The van der Waals surface area contributed by atoms with Crippen molar-refractivity contribution in [2.24, 2.45) is 0 Å². The maximum Gasteiger partial charge on any atom is 0.129 e. The Morgan fingerprint density at radius 3 is 2.58 bits per heavy atom. The van der Waals surface area contributed by atoms with Crippen LogP contribution in [0.3, 0.4) is 0 Å². The molecule has 100 valence electrons. The normalized spacial score (nSPS) is 12.4. The van der Waals surface area contributed by atoms with E-state index in [9.17, 15) is 4.39 Å². The molecular weight excluding hydrogens is 305 g/mol. The molecule has 0 spiro atoms. The van der Waals surface area contributed by atoms with Crippen LogP contribution in [0, 0.1) is 5.82 Å². The van der Waals surface area contributed by atoms with Crippen molar-refractivity contribution < 1.29 is 4.39 Å². The van der Waals surface area contributed by atoms with Gasteiger partial charge in [-0.1, -0.05) is 53.2 Å². The highest BCUT2D eigenvalue weighted by molar-refractivity contribution is 9.10. The molecule has 0 fully saturated rings. The predicted molar refractivity (Wildman–Crippen MR) is 80.8 cm³/mol. The van der Waals surface area contributed by atoms with Gasteiger partial charge >= 0.3 is 0 Å². The van der Waals surface area contributed by atoms with Crippen molar-refractivity contribution in [3.8, 4) is 0 Å². The number of halogens is 2. The molecule has 2 aromatic carbocycles. The molecule has 2 aromatic rings. The van der Waals surface area contributed by atoms with Gasteiger partial charge in [-0.05, 0) is 36.7 Å². The van der Waals surface area contributed by atoms with E-state index in [-0.39, 0.29) is 11.9 Å². The fourth-order valence-electron chi connectivity index (χ4n) is 2.26. The lowest BCUT2D eigenvalue weighted by molar-refractivity contribution is 0.573. The summed E-state index contributed by atoms with van der Waals surface area (Å²) < 4.78 is 14.9. The van der Waals surface area contributed by atoms with Crippen LogP contribution < -0.4 is 5.32 Å². The van der Waals surface area contributed by atoms with Gasteiger partial charge in [0.25, 0.3) is 0 Å². The van der Waals surface area contributed by atoms with E-state index >= 15 is 0 Å². The molecule has 1 unspecified atom stereocenters. The van der Waals surface area contributed by atoms with Crippen molar-refractivity contribution in [2.45, 2.75) is 19.4 Å². The molecule has 1 atom stereocenters. The van der Waals surface area contributed by atoms with E-state index in [2.05, 4.69) is 40.3 Å². The number of hydrogen-bond donors (Lipinski definition) is 1. The van der Waals surface area contributed by atoms with Crippen LogP contribution in [0.1, 0.15) is 29.7 Å². The van der Waals surface area contributed by atoms with Gasteiger partial charge in [-0.2, -0.15) is 0 Å². The Bertz CT molecular complexity index is 548. The molecule has 0 radical (unpaired) electrons. The van der Waals surface area contributed by atoms with Gasteiger partial charge in [0.15, 0.2) is 0 Å².